The summed E-state index contributed by atoms with van der Waals surface area (Å²) in [4.78, 5) is 21.8. The molecule has 1 aromatic heterocycles. The Hall–Kier alpha value is -4.39. The molecule has 4 aromatic rings. The van der Waals surface area contributed by atoms with E-state index in [1.165, 1.54) is 42.5 Å². The van der Waals surface area contributed by atoms with E-state index < -0.39 is 37.2 Å². The van der Waals surface area contributed by atoms with E-state index in [1.807, 2.05) is 0 Å². The van der Waals surface area contributed by atoms with Gasteiger partial charge in [-0.1, -0.05) is 6.07 Å². The number of hydrogen-bond acceptors (Lipinski definition) is 7. The highest BCUT2D eigenvalue weighted by Gasteiger charge is 2.31. The van der Waals surface area contributed by atoms with Gasteiger partial charge in [0.15, 0.2) is 0 Å². The van der Waals surface area contributed by atoms with Crippen LogP contribution in [0.15, 0.2) is 86.9 Å². The zero-order valence-corrected chi connectivity index (χ0v) is 18.2. The van der Waals surface area contributed by atoms with Crippen LogP contribution in [0.2, 0.25) is 0 Å². The van der Waals surface area contributed by atoms with E-state index in [4.69, 9.17) is 4.42 Å². The second kappa shape index (κ2) is 8.76. The summed E-state index contributed by atoms with van der Waals surface area (Å²) in [5, 5.41) is 14.3. The number of sulfonamides is 1. The average Bonchev–Trinajstić information content (AvgIpc) is 2.79. The first-order chi connectivity index (χ1) is 16.4. The molecular weight excluding hydrogens is 491 g/mol. The minimum absolute atomic E-state index is 0.0704. The summed E-state index contributed by atoms with van der Waals surface area (Å²) >= 11 is 0. The van der Waals surface area contributed by atoms with Crippen molar-refractivity contribution in [2.45, 2.75) is 11.1 Å². The van der Waals surface area contributed by atoms with Crippen LogP contribution < -0.4 is 15.7 Å². The van der Waals surface area contributed by atoms with Crippen LogP contribution in [0.25, 0.3) is 11.0 Å². The maximum atomic E-state index is 12.9. The number of non-ortho nitro benzene ring substituents is 1. The van der Waals surface area contributed by atoms with Gasteiger partial charge in [-0.15, -0.1) is 0 Å². The van der Waals surface area contributed by atoms with Crippen LogP contribution in [-0.2, 0) is 16.2 Å². The molecule has 13 heteroatoms. The molecule has 0 radical (unpaired) electrons. The first kappa shape index (κ1) is 23.8. The van der Waals surface area contributed by atoms with Crippen molar-refractivity contribution >= 4 is 43.7 Å². The van der Waals surface area contributed by atoms with E-state index in [-0.39, 0.29) is 28.0 Å². The first-order valence-corrected chi connectivity index (χ1v) is 11.2. The van der Waals surface area contributed by atoms with Crippen LogP contribution in [0, 0.1) is 10.1 Å². The van der Waals surface area contributed by atoms with E-state index in [9.17, 15) is 36.5 Å². The summed E-state index contributed by atoms with van der Waals surface area (Å²) in [6.45, 7) is 0. The van der Waals surface area contributed by atoms with Crippen LogP contribution in [0.4, 0.5) is 35.9 Å². The Morgan fingerprint density at radius 1 is 0.914 bits per heavy atom. The Balaban J connectivity index is 1.59. The zero-order valence-electron chi connectivity index (χ0n) is 17.4. The van der Waals surface area contributed by atoms with Gasteiger partial charge in [0, 0.05) is 35.0 Å². The molecule has 0 saturated heterocycles. The van der Waals surface area contributed by atoms with Crippen molar-refractivity contribution in [1.82, 2.24) is 0 Å². The number of fused-ring (bicyclic) bond motifs is 1. The number of alkyl halides is 3. The number of nitro groups is 1. The number of nitrogens with one attached hydrogen (secondary N) is 2. The third-order valence-corrected chi connectivity index (χ3v) is 6.20. The highest BCUT2D eigenvalue weighted by molar-refractivity contribution is 7.92. The fraction of sp³-hybridized carbons (Fsp3) is 0.0455. The third kappa shape index (κ3) is 5.24. The molecule has 35 heavy (non-hydrogen) atoms. The molecule has 180 valence electrons. The predicted molar refractivity (Wildman–Crippen MR) is 121 cm³/mol. The third-order valence-electron chi connectivity index (χ3n) is 4.82. The van der Waals surface area contributed by atoms with Crippen molar-refractivity contribution < 1.29 is 30.9 Å². The molecule has 0 aliphatic rings. The Morgan fingerprint density at radius 2 is 1.60 bits per heavy atom. The van der Waals surface area contributed by atoms with Crippen molar-refractivity contribution in [3.8, 4) is 0 Å². The van der Waals surface area contributed by atoms with Crippen LogP contribution in [0.1, 0.15) is 5.56 Å². The number of halogens is 3. The molecule has 4 rings (SSSR count). The molecule has 0 aliphatic heterocycles. The predicted octanol–water partition coefficient (Wildman–Crippen LogP) is 5.26. The summed E-state index contributed by atoms with van der Waals surface area (Å²) in [6.07, 6.45) is -4.70. The van der Waals surface area contributed by atoms with Gasteiger partial charge >= 0.3 is 11.8 Å². The lowest BCUT2D eigenvalue weighted by molar-refractivity contribution is -0.384. The molecule has 9 nitrogen and oxygen atoms in total. The van der Waals surface area contributed by atoms with Crippen molar-refractivity contribution in [2.75, 3.05) is 10.0 Å². The van der Waals surface area contributed by atoms with Gasteiger partial charge in [-0.3, -0.25) is 14.8 Å². The van der Waals surface area contributed by atoms with Gasteiger partial charge in [0.25, 0.3) is 15.7 Å². The number of benzene rings is 3. The minimum Gasteiger partial charge on any atom is -0.423 e. The number of nitrogens with zero attached hydrogens (tertiary/aromatic N) is 1. The maximum absolute atomic E-state index is 12.9. The standard InChI is InChI=1S/C22H14F3N3O6S/c23-22(24,25)13-2-1-3-17(10-13)35(32,33)27-15-6-4-14(5-7-15)26-19-12-21(29)34-20-9-8-16(28(30)31)11-18(19)20/h1-12,26-27H. The second-order valence-electron chi connectivity index (χ2n) is 7.25. The summed E-state index contributed by atoms with van der Waals surface area (Å²) < 4.78 is 71.0. The molecule has 0 amide bonds. The molecule has 0 atom stereocenters. The van der Waals surface area contributed by atoms with E-state index in [1.54, 1.807) is 0 Å². The summed E-state index contributed by atoms with van der Waals surface area (Å²) in [6, 6.07) is 13.8. The van der Waals surface area contributed by atoms with Crippen LogP contribution in [0.5, 0.6) is 0 Å². The van der Waals surface area contributed by atoms with Gasteiger partial charge < -0.3 is 9.73 Å². The largest absolute Gasteiger partial charge is 0.423 e. The van der Waals surface area contributed by atoms with E-state index >= 15 is 0 Å². The number of anilines is 3. The lowest BCUT2D eigenvalue weighted by Gasteiger charge is -2.12. The van der Waals surface area contributed by atoms with Crippen molar-refractivity contribution in [2.24, 2.45) is 0 Å². The molecular formula is C22H14F3N3O6S. The van der Waals surface area contributed by atoms with Crippen molar-refractivity contribution in [3.63, 3.8) is 0 Å². The molecule has 0 unspecified atom stereocenters. The van der Waals surface area contributed by atoms with Crippen LogP contribution >= 0.6 is 0 Å². The minimum atomic E-state index is -4.70. The first-order valence-electron chi connectivity index (χ1n) is 9.72. The van der Waals surface area contributed by atoms with Gasteiger partial charge in [0.05, 0.1) is 21.1 Å². The van der Waals surface area contributed by atoms with E-state index in [2.05, 4.69) is 10.0 Å². The van der Waals surface area contributed by atoms with E-state index in [0.717, 1.165) is 24.3 Å². The number of nitro benzene ring substituents is 1. The van der Waals surface area contributed by atoms with Crippen LogP contribution in [-0.4, -0.2) is 13.3 Å². The average molecular weight is 505 g/mol. The van der Waals surface area contributed by atoms with Gasteiger partial charge in [-0.25, -0.2) is 13.2 Å². The Bertz CT molecular complexity index is 1600. The molecule has 0 bridgehead atoms. The SMILES string of the molecule is O=c1cc(Nc2ccc(NS(=O)(=O)c3cccc(C(F)(F)F)c3)cc2)c2cc([N+](=O)[O-])ccc2o1. The Kier molecular flexibility index (Phi) is 5.94. The lowest BCUT2D eigenvalue weighted by atomic mass is 10.1. The molecule has 3 aromatic carbocycles. The van der Waals surface area contributed by atoms with Gasteiger partial charge in [-0.2, -0.15) is 13.2 Å². The van der Waals surface area contributed by atoms with Gasteiger partial charge in [0.1, 0.15) is 5.58 Å². The molecule has 0 spiro atoms. The smallest absolute Gasteiger partial charge is 0.416 e. The number of hydrogen-bond donors (Lipinski definition) is 2. The maximum Gasteiger partial charge on any atom is 0.416 e. The molecule has 2 N–H and O–H groups in total. The van der Waals surface area contributed by atoms with Crippen LogP contribution in [0.3, 0.4) is 0 Å². The molecule has 0 aliphatic carbocycles. The molecule has 0 saturated carbocycles. The van der Waals surface area contributed by atoms with E-state index in [0.29, 0.717) is 11.8 Å². The fourth-order valence-electron chi connectivity index (χ4n) is 3.20. The molecule has 0 fully saturated rings. The summed E-state index contributed by atoms with van der Waals surface area (Å²) in [7, 11) is -4.30. The highest BCUT2D eigenvalue weighted by atomic mass is 32.2. The summed E-state index contributed by atoms with van der Waals surface area (Å²) in [5.74, 6) is 0. The summed E-state index contributed by atoms with van der Waals surface area (Å²) in [5.41, 5.74) is -1.20. The molecule has 1 heterocycles. The second-order valence-corrected chi connectivity index (χ2v) is 8.93. The topological polar surface area (TPSA) is 132 Å². The lowest BCUT2D eigenvalue weighted by Crippen LogP contribution is -2.14. The van der Waals surface area contributed by atoms with Gasteiger partial charge in [0.2, 0.25) is 0 Å². The fourth-order valence-corrected chi connectivity index (χ4v) is 4.30. The number of rotatable bonds is 6. The normalized spacial score (nSPS) is 11.9. The van der Waals surface area contributed by atoms with Gasteiger partial charge in [-0.05, 0) is 48.5 Å². The monoisotopic (exact) mass is 505 g/mol. The Labute approximate surface area is 195 Å². The highest BCUT2D eigenvalue weighted by Crippen LogP contribution is 2.32. The van der Waals surface area contributed by atoms with Crippen molar-refractivity contribution in [1.29, 1.82) is 0 Å². The quantitative estimate of drug-likeness (QED) is 0.207. The zero-order chi connectivity index (χ0) is 25.4. The Morgan fingerprint density at radius 3 is 2.26 bits per heavy atom. The van der Waals surface area contributed by atoms with Crippen molar-refractivity contribution in [3.05, 3.63) is 98.9 Å².